The minimum absolute atomic E-state index is 0.0260. The standard InChI is InChI=1S/C16H24N2O2/c1-4-6-10-18(5-2)15(19)12-17-16(20)14-9-7-8-13(3)11-14/h7-9,11H,4-6,10,12H2,1-3H3,(H,17,20). The van der Waals surface area contributed by atoms with E-state index in [9.17, 15) is 9.59 Å². The lowest BCUT2D eigenvalue weighted by molar-refractivity contribution is -0.130. The fourth-order valence-electron chi connectivity index (χ4n) is 1.96. The number of aryl methyl sites for hydroxylation is 1. The van der Waals surface area contributed by atoms with E-state index in [1.165, 1.54) is 0 Å². The van der Waals surface area contributed by atoms with Gasteiger partial charge in [-0.15, -0.1) is 0 Å². The lowest BCUT2D eigenvalue weighted by atomic mass is 10.1. The number of carbonyl (C=O) groups excluding carboxylic acids is 2. The van der Waals surface area contributed by atoms with E-state index in [2.05, 4.69) is 12.2 Å². The average molecular weight is 276 g/mol. The molecule has 4 nitrogen and oxygen atoms in total. The zero-order valence-corrected chi connectivity index (χ0v) is 12.6. The van der Waals surface area contributed by atoms with Crippen molar-refractivity contribution in [3.05, 3.63) is 35.4 Å². The number of likely N-dealkylation sites (N-methyl/N-ethyl adjacent to an activating group) is 1. The van der Waals surface area contributed by atoms with Gasteiger partial charge in [0.15, 0.2) is 0 Å². The largest absolute Gasteiger partial charge is 0.343 e. The molecule has 1 aromatic rings. The van der Waals surface area contributed by atoms with Crippen molar-refractivity contribution < 1.29 is 9.59 Å². The Balaban J connectivity index is 2.49. The summed E-state index contributed by atoms with van der Waals surface area (Å²) in [6.45, 7) is 7.48. The lowest BCUT2D eigenvalue weighted by Crippen LogP contribution is -2.40. The van der Waals surface area contributed by atoms with Crippen molar-refractivity contribution in [1.82, 2.24) is 10.2 Å². The quantitative estimate of drug-likeness (QED) is 0.831. The van der Waals surface area contributed by atoms with E-state index in [-0.39, 0.29) is 18.4 Å². The predicted octanol–water partition coefficient (Wildman–Crippen LogP) is 2.37. The first-order valence-electron chi connectivity index (χ1n) is 7.21. The van der Waals surface area contributed by atoms with Gasteiger partial charge < -0.3 is 10.2 Å². The lowest BCUT2D eigenvalue weighted by Gasteiger charge is -2.20. The van der Waals surface area contributed by atoms with Gasteiger partial charge in [-0.05, 0) is 32.4 Å². The van der Waals surface area contributed by atoms with E-state index in [0.29, 0.717) is 12.1 Å². The summed E-state index contributed by atoms with van der Waals surface area (Å²) in [6.07, 6.45) is 2.05. The minimum atomic E-state index is -0.200. The van der Waals surface area contributed by atoms with Gasteiger partial charge in [-0.3, -0.25) is 9.59 Å². The smallest absolute Gasteiger partial charge is 0.251 e. The summed E-state index contributed by atoms with van der Waals surface area (Å²) in [5.74, 6) is -0.226. The van der Waals surface area contributed by atoms with Crippen LogP contribution in [0.25, 0.3) is 0 Å². The minimum Gasteiger partial charge on any atom is -0.343 e. The van der Waals surface area contributed by atoms with Crippen LogP contribution in [0.5, 0.6) is 0 Å². The maximum atomic E-state index is 12.0. The van der Waals surface area contributed by atoms with Crippen molar-refractivity contribution in [2.75, 3.05) is 19.6 Å². The Morgan fingerprint density at radius 3 is 2.60 bits per heavy atom. The molecule has 0 radical (unpaired) electrons. The Labute approximate surface area is 121 Å². The summed E-state index contributed by atoms with van der Waals surface area (Å²) in [4.78, 5) is 25.7. The normalized spacial score (nSPS) is 10.2. The topological polar surface area (TPSA) is 49.4 Å². The summed E-state index contributed by atoms with van der Waals surface area (Å²) in [5, 5.41) is 2.69. The van der Waals surface area contributed by atoms with E-state index < -0.39 is 0 Å². The first-order chi connectivity index (χ1) is 9.58. The van der Waals surface area contributed by atoms with Crippen molar-refractivity contribution >= 4 is 11.8 Å². The van der Waals surface area contributed by atoms with E-state index in [0.717, 1.165) is 24.9 Å². The van der Waals surface area contributed by atoms with Crippen LogP contribution in [0.2, 0.25) is 0 Å². The van der Waals surface area contributed by atoms with Gasteiger partial charge in [0.05, 0.1) is 6.54 Å². The van der Waals surface area contributed by atoms with Gasteiger partial charge in [0.2, 0.25) is 5.91 Å². The molecule has 0 aliphatic heterocycles. The second-order valence-corrected chi connectivity index (χ2v) is 4.88. The maximum Gasteiger partial charge on any atom is 0.251 e. The Kier molecular flexibility index (Phi) is 6.77. The number of nitrogens with one attached hydrogen (secondary N) is 1. The van der Waals surface area contributed by atoms with Crippen LogP contribution < -0.4 is 5.32 Å². The molecule has 0 aliphatic carbocycles. The van der Waals surface area contributed by atoms with Crippen LogP contribution in [0.1, 0.15) is 42.6 Å². The van der Waals surface area contributed by atoms with Gasteiger partial charge in [0.25, 0.3) is 5.91 Å². The third kappa shape index (κ3) is 5.03. The van der Waals surface area contributed by atoms with Crippen molar-refractivity contribution in [3.63, 3.8) is 0 Å². The molecular formula is C16H24N2O2. The zero-order valence-electron chi connectivity index (χ0n) is 12.6. The molecule has 110 valence electrons. The summed E-state index contributed by atoms with van der Waals surface area (Å²) in [5.41, 5.74) is 1.62. The third-order valence-electron chi connectivity index (χ3n) is 3.20. The van der Waals surface area contributed by atoms with Crippen LogP contribution in [-0.4, -0.2) is 36.3 Å². The molecule has 0 atom stereocenters. The monoisotopic (exact) mass is 276 g/mol. The van der Waals surface area contributed by atoms with Gasteiger partial charge in [-0.25, -0.2) is 0 Å². The first-order valence-corrected chi connectivity index (χ1v) is 7.21. The number of rotatable bonds is 7. The Bertz CT molecular complexity index is 458. The second kappa shape index (κ2) is 8.35. The van der Waals surface area contributed by atoms with Crippen LogP contribution in [0.3, 0.4) is 0 Å². The molecule has 0 bridgehead atoms. The number of nitrogens with zero attached hydrogens (tertiary/aromatic N) is 1. The SMILES string of the molecule is CCCCN(CC)C(=O)CNC(=O)c1cccc(C)c1. The molecule has 1 N–H and O–H groups in total. The van der Waals surface area contributed by atoms with Crippen LogP contribution in [0, 0.1) is 6.92 Å². The van der Waals surface area contributed by atoms with Crippen molar-refractivity contribution in [1.29, 1.82) is 0 Å². The molecule has 1 aromatic carbocycles. The molecule has 2 amide bonds. The van der Waals surface area contributed by atoms with Crippen LogP contribution >= 0.6 is 0 Å². The second-order valence-electron chi connectivity index (χ2n) is 4.88. The summed E-state index contributed by atoms with van der Waals surface area (Å²) < 4.78 is 0. The van der Waals surface area contributed by atoms with E-state index in [4.69, 9.17) is 0 Å². The van der Waals surface area contributed by atoms with Crippen molar-refractivity contribution in [3.8, 4) is 0 Å². The molecule has 0 saturated carbocycles. The first kappa shape index (κ1) is 16.2. The van der Waals surface area contributed by atoms with E-state index >= 15 is 0 Å². The summed E-state index contributed by atoms with van der Waals surface area (Å²) in [6, 6.07) is 7.34. The number of hydrogen-bond acceptors (Lipinski definition) is 2. The number of benzene rings is 1. The molecule has 0 aromatic heterocycles. The third-order valence-corrected chi connectivity index (χ3v) is 3.20. The van der Waals surface area contributed by atoms with Gasteiger partial charge in [-0.2, -0.15) is 0 Å². The van der Waals surface area contributed by atoms with Gasteiger partial charge in [-0.1, -0.05) is 31.0 Å². The van der Waals surface area contributed by atoms with Crippen LogP contribution in [0.15, 0.2) is 24.3 Å². The Hall–Kier alpha value is -1.84. The molecule has 0 fully saturated rings. The van der Waals surface area contributed by atoms with E-state index in [1.807, 2.05) is 32.0 Å². The number of amides is 2. The highest BCUT2D eigenvalue weighted by molar-refractivity contribution is 5.96. The highest BCUT2D eigenvalue weighted by atomic mass is 16.2. The highest BCUT2D eigenvalue weighted by Gasteiger charge is 2.13. The maximum absolute atomic E-state index is 12.0. The predicted molar refractivity (Wildman–Crippen MR) is 80.7 cm³/mol. The van der Waals surface area contributed by atoms with Crippen LogP contribution in [0.4, 0.5) is 0 Å². The fourth-order valence-corrected chi connectivity index (χ4v) is 1.96. The average Bonchev–Trinajstić information content (AvgIpc) is 2.45. The number of carbonyl (C=O) groups is 2. The molecular weight excluding hydrogens is 252 g/mol. The van der Waals surface area contributed by atoms with Gasteiger partial charge >= 0.3 is 0 Å². The molecule has 0 spiro atoms. The zero-order chi connectivity index (χ0) is 15.0. The molecule has 0 heterocycles. The van der Waals surface area contributed by atoms with E-state index in [1.54, 1.807) is 11.0 Å². The summed E-state index contributed by atoms with van der Waals surface area (Å²) in [7, 11) is 0. The molecule has 0 unspecified atom stereocenters. The molecule has 20 heavy (non-hydrogen) atoms. The van der Waals surface area contributed by atoms with Crippen molar-refractivity contribution in [2.24, 2.45) is 0 Å². The van der Waals surface area contributed by atoms with Crippen LogP contribution in [-0.2, 0) is 4.79 Å². The molecule has 1 rings (SSSR count). The van der Waals surface area contributed by atoms with Crippen molar-refractivity contribution in [2.45, 2.75) is 33.6 Å². The Morgan fingerprint density at radius 1 is 1.25 bits per heavy atom. The molecule has 0 aliphatic rings. The van der Waals surface area contributed by atoms with Gasteiger partial charge in [0.1, 0.15) is 0 Å². The fraction of sp³-hybridized carbons (Fsp3) is 0.500. The number of unbranched alkanes of at least 4 members (excludes halogenated alkanes) is 1. The molecule has 0 saturated heterocycles. The summed E-state index contributed by atoms with van der Waals surface area (Å²) >= 11 is 0. The van der Waals surface area contributed by atoms with Gasteiger partial charge in [0, 0.05) is 18.7 Å². The number of hydrogen-bond donors (Lipinski definition) is 1. The highest BCUT2D eigenvalue weighted by Crippen LogP contribution is 2.03. The Morgan fingerprint density at radius 2 is 2.00 bits per heavy atom. The molecule has 4 heteroatoms.